The highest BCUT2D eigenvalue weighted by atomic mass is 19.1. The van der Waals surface area contributed by atoms with Gasteiger partial charge in [-0.2, -0.15) is 0 Å². The Morgan fingerprint density at radius 2 is 1.61 bits per heavy atom. The van der Waals surface area contributed by atoms with E-state index in [9.17, 15) is 19.3 Å². The third-order valence-electron chi connectivity index (χ3n) is 6.60. The Bertz CT molecular complexity index is 1080. The summed E-state index contributed by atoms with van der Waals surface area (Å²) in [5.74, 6) is -2.29. The van der Waals surface area contributed by atoms with E-state index in [2.05, 4.69) is 4.90 Å². The maximum absolute atomic E-state index is 14.1. The van der Waals surface area contributed by atoms with Crippen molar-refractivity contribution in [2.45, 2.75) is 18.2 Å². The van der Waals surface area contributed by atoms with Crippen LogP contribution < -0.4 is 9.80 Å². The van der Waals surface area contributed by atoms with Gasteiger partial charge in [0.15, 0.2) is 0 Å². The number of para-hydroxylation sites is 2. The molecule has 2 aromatic carbocycles. The van der Waals surface area contributed by atoms with Crippen LogP contribution in [-0.2, 0) is 20.1 Å². The predicted molar refractivity (Wildman–Crippen MR) is 118 cm³/mol. The van der Waals surface area contributed by atoms with Crippen molar-refractivity contribution >= 4 is 17.3 Å². The van der Waals surface area contributed by atoms with E-state index in [4.69, 9.17) is 9.47 Å². The molecular formula is C23H25FN4O5. The Morgan fingerprint density at radius 1 is 1.00 bits per heavy atom. The number of ether oxygens (including phenoxy) is 2. The third kappa shape index (κ3) is 3.54. The number of hydrogen-bond acceptors (Lipinski definition) is 7. The molecule has 0 atom stereocenters. The largest absolute Gasteiger partial charge is 0.367 e. The second kappa shape index (κ2) is 8.05. The average molecular weight is 456 g/mol. The molecule has 0 N–H and O–H groups in total. The number of benzene rings is 2. The number of hydrogen-bond donors (Lipinski definition) is 0. The summed E-state index contributed by atoms with van der Waals surface area (Å²) in [6.07, 6.45) is 0. The third-order valence-corrected chi connectivity index (χ3v) is 6.60. The zero-order valence-electron chi connectivity index (χ0n) is 18.3. The molecule has 3 aliphatic rings. The van der Waals surface area contributed by atoms with Crippen LogP contribution in [0.2, 0.25) is 0 Å². The second-order valence-electron chi connectivity index (χ2n) is 8.90. The molecule has 0 saturated carbocycles. The molecule has 1 spiro atoms. The lowest BCUT2D eigenvalue weighted by Crippen LogP contribution is -2.58. The fourth-order valence-electron chi connectivity index (χ4n) is 4.55. The van der Waals surface area contributed by atoms with E-state index >= 15 is 0 Å². The zero-order chi connectivity index (χ0) is 23.2. The van der Waals surface area contributed by atoms with Gasteiger partial charge in [-0.1, -0.05) is 30.3 Å². The minimum atomic E-state index is -1.67. The van der Waals surface area contributed by atoms with E-state index in [1.165, 1.54) is 13.0 Å². The number of halogens is 1. The minimum Gasteiger partial charge on any atom is -0.367 e. The molecular weight excluding hydrogens is 431 g/mol. The molecule has 0 bridgehead atoms. The van der Waals surface area contributed by atoms with Crippen molar-refractivity contribution in [1.82, 2.24) is 4.90 Å². The lowest BCUT2D eigenvalue weighted by Gasteiger charge is -2.39. The number of amides is 1. The molecule has 33 heavy (non-hydrogen) atoms. The quantitative estimate of drug-likeness (QED) is 0.515. The van der Waals surface area contributed by atoms with E-state index in [1.54, 1.807) is 29.2 Å². The first-order chi connectivity index (χ1) is 15.8. The van der Waals surface area contributed by atoms with Gasteiger partial charge in [0.1, 0.15) is 19.0 Å². The molecule has 3 heterocycles. The molecule has 1 amide bonds. The Labute approximate surface area is 190 Å². The van der Waals surface area contributed by atoms with E-state index < -0.39 is 16.2 Å². The highest BCUT2D eigenvalue weighted by Gasteiger charge is 2.60. The number of fused-ring (bicyclic) bond motifs is 2. The number of rotatable bonds is 4. The normalized spacial score (nSPS) is 27.8. The molecule has 9 nitrogen and oxygen atoms in total. The van der Waals surface area contributed by atoms with Crippen molar-refractivity contribution in [3.05, 3.63) is 70.0 Å². The molecule has 2 aromatic rings. The van der Waals surface area contributed by atoms with E-state index in [0.717, 1.165) is 0 Å². The van der Waals surface area contributed by atoms with Crippen LogP contribution in [0.25, 0.3) is 0 Å². The van der Waals surface area contributed by atoms with Crippen LogP contribution in [0, 0.1) is 15.9 Å². The lowest BCUT2D eigenvalue weighted by atomic mass is 10.0. The van der Waals surface area contributed by atoms with Gasteiger partial charge in [0, 0.05) is 43.6 Å². The van der Waals surface area contributed by atoms with Crippen LogP contribution >= 0.6 is 0 Å². The molecule has 0 radical (unpaired) electrons. The molecule has 174 valence electrons. The molecule has 2 fully saturated rings. The number of carbonyl (C=O) groups excluding carboxylic acids is 1. The van der Waals surface area contributed by atoms with Gasteiger partial charge in [-0.3, -0.25) is 24.7 Å². The first-order valence-corrected chi connectivity index (χ1v) is 10.9. The van der Waals surface area contributed by atoms with E-state index in [0.29, 0.717) is 49.8 Å². The highest BCUT2D eigenvalue weighted by molar-refractivity contribution is 6.06. The molecule has 2 saturated heterocycles. The molecule has 10 heteroatoms. The van der Waals surface area contributed by atoms with E-state index in [1.807, 2.05) is 23.1 Å². The minimum absolute atomic E-state index is 0.227. The van der Waals surface area contributed by atoms with Gasteiger partial charge in [0.05, 0.1) is 18.0 Å². The second-order valence-corrected chi connectivity index (χ2v) is 8.90. The number of nitrogens with zero attached hydrogens (tertiary/aromatic N) is 4. The number of anilines is 2. The van der Waals surface area contributed by atoms with Crippen molar-refractivity contribution in [2.24, 2.45) is 0 Å². The summed E-state index contributed by atoms with van der Waals surface area (Å²) in [5.41, 5.74) is 0.405. The summed E-state index contributed by atoms with van der Waals surface area (Å²) >= 11 is 0. The van der Waals surface area contributed by atoms with Gasteiger partial charge >= 0.3 is 0 Å². The van der Waals surface area contributed by atoms with Gasteiger partial charge in [0.25, 0.3) is 17.2 Å². The SMILES string of the molecule is CC1([N+](=O)[O-])COC2(OC1)C(=O)N(CN1CCN(c3ccccc3F)CC1)c1ccccc12. The Morgan fingerprint density at radius 3 is 2.24 bits per heavy atom. The van der Waals surface area contributed by atoms with Crippen LogP contribution in [0.1, 0.15) is 12.5 Å². The van der Waals surface area contributed by atoms with Gasteiger partial charge in [0.2, 0.25) is 0 Å². The topological polar surface area (TPSA) is 88.4 Å². The molecule has 5 rings (SSSR count). The number of carbonyl (C=O) groups is 1. The van der Waals surface area contributed by atoms with Crippen LogP contribution in [-0.4, -0.2) is 67.3 Å². The smallest absolute Gasteiger partial charge is 0.293 e. The van der Waals surface area contributed by atoms with Gasteiger partial charge < -0.3 is 14.4 Å². The first-order valence-electron chi connectivity index (χ1n) is 10.9. The van der Waals surface area contributed by atoms with Crippen molar-refractivity contribution in [3.63, 3.8) is 0 Å². The maximum atomic E-state index is 14.1. The fraction of sp³-hybridized carbons (Fsp3) is 0.435. The van der Waals surface area contributed by atoms with Crippen molar-refractivity contribution in [2.75, 3.05) is 55.9 Å². The first kappa shape index (κ1) is 21.7. The molecule has 3 aliphatic heterocycles. The monoisotopic (exact) mass is 456 g/mol. The maximum Gasteiger partial charge on any atom is 0.293 e. The fourth-order valence-corrected chi connectivity index (χ4v) is 4.55. The molecule has 0 aromatic heterocycles. The van der Waals surface area contributed by atoms with E-state index in [-0.39, 0.29) is 24.9 Å². The molecule has 0 aliphatic carbocycles. The standard InChI is InChI=1S/C23H25FN4O5/c1-22(28(30)31)14-32-23(33-15-22)17-6-2-4-8-19(17)27(21(23)29)16-25-10-12-26(13-11-25)20-9-5-3-7-18(20)24/h2-9H,10-16H2,1H3. The molecule has 0 unspecified atom stereocenters. The zero-order valence-corrected chi connectivity index (χ0v) is 18.3. The van der Waals surface area contributed by atoms with Gasteiger partial charge in [-0.25, -0.2) is 4.39 Å². The summed E-state index contributed by atoms with van der Waals surface area (Å²) < 4.78 is 25.8. The summed E-state index contributed by atoms with van der Waals surface area (Å²) in [7, 11) is 0. The van der Waals surface area contributed by atoms with Crippen molar-refractivity contribution in [1.29, 1.82) is 0 Å². The van der Waals surface area contributed by atoms with Crippen LogP contribution in [0.3, 0.4) is 0 Å². The number of piperazine rings is 1. The Kier molecular flexibility index (Phi) is 5.31. The summed E-state index contributed by atoms with van der Waals surface area (Å²) in [6.45, 7) is 3.86. The summed E-state index contributed by atoms with van der Waals surface area (Å²) in [5, 5.41) is 11.4. The summed E-state index contributed by atoms with van der Waals surface area (Å²) in [4.78, 5) is 30.2. The van der Waals surface area contributed by atoms with Crippen LogP contribution in [0.4, 0.5) is 15.8 Å². The Balaban J connectivity index is 1.32. The van der Waals surface area contributed by atoms with Gasteiger partial charge in [-0.05, 0) is 18.2 Å². The van der Waals surface area contributed by atoms with Crippen LogP contribution in [0.5, 0.6) is 0 Å². The van der Waals surface area contributed by atoms with Crippen molar-refractivity contribution < 1.29 is 23.6 Å². The van der Waals surface area contributed by atoms with Crippen molar-refractivity contribution in [3.8, 4) is 0 Å². The van der Waals surface area contributed by atoms with Crippen LogP contribution in [0.15, 0.2) is 48.5 Å². The highest BCUT2D eigenvalue weighted by Crippen LogP contribution is 2.46. The number of nitro groups is 1. The van der Waals surface area contributed by atoms with Gasteiger partial charge in [-0.15, -0.1) is 0 Å². The Hall–Kier alpha value is -3.08. The predicted octanol–water partition coefficient (Wildman–Crippen LogP) is 2.19. The summed E-state index contributed by atoms with van der Waals surface area (Å²) in [6, 6.07) is 13.9. The lowest BCUT2D eigenvalue weighted by molar-refractivity contribution is -0.590. The average Bonchev–Trinajstić information content (AvgIpc) is 3.05.